The Hall–Kier alpha value is -3.32. The van der Waals surface area contributed by atoms with E-state index >= 15 is 0 Å². The van der Waals surface area contributed by atoms with Crippen molar-refractivity contribution < 1.29 is 14.3 Å². The Morgan fingerprint density at radius 3 is 2.46 bits per heavy atom. The van der Waals surface area contributed by atoms with Gasteiger partial charge in [0.05, 0.1) is 30.0 Å². The average Bonchev–Trinajstić information content (AvgIpc) is 3.37. The number of hydrogen-bond acceptors (Lipinski definition) is 6. The minimum Gasteiger partial charge on any atom is -0.490 e. The lowest BCUT2D eigenvalue weighted by molar-refractivity contribution is 0.100. The number of amides is 1. The van der Waals surface area contributed by atoms with E-state index in [4.69, 9.17) is 15.2 Å². The number of aromatic nitrogens is 1. The third kappa shape index (κ3) is 5.51. The monoisotopic (exact) mass is 476 g/mol. The molecular weight excluding hydrogens is 440 g/mol. The van der Waals surface area contributed by atoms with E-state index in [-0.39, 0.29) is 0 Å². The van der Waals surface area contributed by atoms with Crippen LogP contribution in [0.1, 0.15) is 67.9 Å². The van der Waals surface area contributed by atoms with Crippen LogP contribution in [0.3, 0.4) is 0 Å². The van der Waals surface area contributed by atoms with Gasteiger partial charge < -0.3 is 25.8 Å². The largest absolute Gasteiger partial charge is 0.490 e. The second kappa shape index (κ2) is 11.4. The van der Waals surface area contributed by atoms with Crippen LogP contribution in [-0.4, -0.2) is 30.1 Å². The van der Waals surface area contributed by atoms with Crippen LogP contribution in [0.2, 0.25) is 0 Å². The predicted octanol–water partition coefficient (Wildman–Crippen LogP) is 5.47. The molecule has 0 bridgehead atoms. The van der Waals surface area contributed by atoms with Crippen LogP contribution in [0.4, 0.5) is 11.4 Å². The summed E-state index contributed by atoms with van der Waals surface area (Å²) in [6.45, 7) is 7.84. The van der Waals surface area contributed by atoms with Gasteiger partial charge in [-0.1, -0.05) is 31.9 Å². The van der Waals surface area contributed by atoms with Crippen molar-refractivity contribution in [3.05, 3.63) is 53.2 Å². The molecule has 1 heterocycles. The number of anilines is 2. The van der Waals surface area contributed by atoms with Crippen LogP contribution in [0.5, 0.6) is 11.5 Å². The fourth-order valence-corrected chi connectivity index (χ4v) is 4.91. The van der Waals surface area contributed by atoms with Gasteiger partial charge in [0, 0.05) is 35.9 Å². The standard InChI is InChI=1S/C28H36N4O3/c1-4-20-18(16-30-19-11-7-8-12-19)10-9-13-23(20)32-27-21-14-25(34-5-2)26(35-6-3)15-24(21)31-17-22(27)28(29)33/h9-10,13-15,17,19,30H,4-8,11-12,16H2,1-3H3,(H2,29,33)(H,31,32). The van der Waals surface area contributed by atoms with Crippen molar-refractivity contribution in [2.45, 2.75) is 65.5 Å². The molecule has 1 saturated carbocycles. The van der Waals surface area contributed by atoms with Gasteiger partial charge in [-0.25, -0.2) is 0 Å². The quantitative estimate of drug-likeness (QED) is 0.339. The van der Waals surface area contributed by atoms with Gasteiger partial charge in [-0.2, -0.15) is 0 Å². The Kier molecular flexibility index (Phi) is 8.08. The minimum absolute atomic E-state index is 0.334. The number of ether oxygens (including phenoxy) is 2. The number of pyridine rings is 1. The minimum atomic E-state index is -0.536. The molecule has 1 fully saturated rings. The molecular formula is C28H36N4O3. The van der Waals surface area contributed by atoms with E-state index in [1.165, 1.54) is 43.0 Å². The molecule has 0 spiro atoms. The molecule has 0 atom stereocenters. The van der Waals surface area contributed by atoms with Crippen LogP contribution in [0, 0.1) is 0 Å². The number of rotatable bonds is 11. The molecule has 7 nitrogen and oxygen atoms in total. The highest BCUT2D eigenvalue weighted by atomic mass is 16.5. The van der Waals surface area contributed by atoms with Crippen molar-refractivity contribution in [2.24, 2.45) is 5.73 Å². The summed E-state index contributed by atoms with van der Waals surface area (Å²) in [5.41, 5.74) is 10.9. The topological polar surface area (TPSA) is 98.5 Å². The van der Waals surface area contributed by atoms with Crippen molar-refractivity contribution in [1.82, 2.24) is 10.3 Å². The summed E-state index contributed by atoms with van der Waals surface area (Å²) >= 11 is 0. The molecule has 7 heteroatoms. The number of carbonyl (C=O) groups is 1. The third-order valence-electron chi connectivity index (χ3n) is 6.62. The van der Waals surface area contributed by atoms with Gasteiger partial charge in [0.25, 0.3) is 5.91 Å². The molecule has 1 aliphatic carbocycles. The normalized spacial score (nSPS) is 13.8. The smallest absolute Gasteiger partial charge is 0.252 e. The first-order valence-corrected chi connectivity index (χ1v) is 12.7. The molecule has 0 unspecified atom stereocenters. The molecule has 0 radical (unpaired) electrons. The highest BCUT2D eigenvalue weighted by molar-refractivity contribution is 6.08. The molecule has 4 N–H and O–H groups in total. The lowest BCUT2D eigenvalue weighted by Gasteiger charge is -2.20. The maximum atomic E-state index is 12.4. The number of fused-ring (bicyclic) bond motifs is 1. The fraction of sp³-hybridized carbons (Fsp3) is 0.429. The number of benzene rings is 2. The van der Waals surface area contributed by atoms with E-state index in [2.05, 4.69) is 34.7 Å². The molecule has 1 aliphatic rings. The molecule has 0 aliphatic heterocycles. The van der Waals surface area contributed by atoms with Crippen LogP contribution < -0.4 is 25.8 Å². The summed E-state index contributed by atoms with van der Waals surface area (Å²) in [4.78, 5) is 16.9. The van der Waals surface area contributed by atoms with Crippen LogP contribution >= 0.6 is 0 Å². The summed E-state index contributed by atoms with van der Waals surface area (Å²) in [7, 11) is 0. The Bertz CT molecular complexity index is 1190. The van der Waals surface area contributed by atoms with E-state index in [0.29, 0.717) is 47.5 Å². The van der Waals surface area contributed by atoms with E-state index in [1.807, 2.05) is 32.0 Å². The Morgan fingerprint density at radius 2 is 1.80 bits per heavy atom. The number of primary amides is 1. The molecule has 35 heavy (non-hydrogen) atoms. The average molecular weight is 477 g/mol. The van der Waals surface area contributed by atoms with Gasteiger partial charge >= 0.3 is 0 Å². The van der Waals surface area contributed by atoms with Crippen molar-refractivity contribution in [3.63, 3.8) is 0 Å². The maximum Gasteiger partial charge on any atom is 0.252 e. The molecule has 4 rings (SSSR count). The number of nitrogens with two attached hydrogens (primary N) is 1. The summed E-state index contributed by atoms with van der Waals surface area (Å²) in [6.07, 6.45) is 7.49. The highest BCUT2D eigenvalue weighted by Crippen LogP contribution is 2.38. The SMILES string of the molecule is CCOc1cc2ncc(C(N)=O)c(Nc3cccc(CNC4CCCC4)c3CC)c2cc1OCC. The molecule has 186 valence electrons. The van der Waals surface area contributed by atoms with E-state index in [1.54, 1.807) is 0 Å². The first kappa shape index (κ1) is 24.8. The number of hydrogen-bond donors (Lipinski definition) is 3. The second-order valence-corrected chi connectivity index (χ2v) is 8.88. The van der Waals surface area contributed by atoms with Crippen molar-refractivity contribution in [1.29, 1.82) is 0 Å². The summed E-state index contributed by atoms with van der Waals surface area (Å²) in [5, 5.41) is 8.02. The Labute approximate surface area is 207 Å². The molecule has 3 aromatic rings. The summed E-state index contributed by atoms with van der Waals surface area (Å²) in [5.74, 6) is 0.700. The summed E-state index contributed by atoms with van der Waals surface area (Å²) in [6, 6.07) is 10.6. The molecule has 1 aromatic heterocycles. The summed E-state index contributed by atoms with van der Waals surface area (Å²) < 4.78 is 11.6. The lowest BCUT2D eigenvalue weighted by atomic mass is 10.0. The van der Waals surface area contributed by atoms with Gasteiger partial charge in [0.15, 0.2) is 11.5 Å². The zero-order chi connectivity index (χ0) is 24.8. The van der Waals surface area contributed by atoms with Gasteiger partial charge in [0.2, 0.25) is 0 Å². The zero-order valence-corrected chi connectivity index (χ0v) is 20.9. The first-order valence-electron chi connectivity index (χ1n) is 12.7. The van der Waals surface area contributed by atoms with Crippen molar-refractivity contribution in [2.75, 3.05) is 18.5 Å². The van der Waals surface area contributed by atoms with Crippen molar-refractivity contribution >= 4 is 28.2 Å². The van der Waals surface area contributed by atoms with Crippen LogP contribution in [-0.2, 0) is 13.0 Å². The van der Waals surface area contributed by atoms with Gasteiger partial charge in [-0.05, 0) is 56.4 Å². The molecule has 1 amide bonds. The highest BCUT2D eigenvalue weighted by Gasteiger charge is 2.19. The first-order chi connectivity index (χ1) is 17.0. The van der Waals surface area contributed by atoms with E-state index < -0.39 is 5.91 Å². The Balaban J connectivity index is 1.76. The maximum absolute atomic E-state index is 12.4. The third-order valence-corrected chi connectivity index (χ3v) is 6.62. The Morgan fingerprint density at radius 1 is 1.09 bits per heavy atom. The zero-order valence-electron chi connectivity index (χ0n) is 20.9. The van der Waals surface area contributed by atoms with Crippen LogP contribution in [0.25, 0.3) is 10.9 Å². The van der Waals surface area contributed by atoms with E-state index in [9.17, 15) is 4.79 Å². The number of nitrogens with one attached hydrogen (secondary N) is 2. The van der Waals surface area contributed by atoms with Crippen LogP contribution in [0.15, 0.2) is 36.5 Å². The predicted molar refractivity (Wildman–Crippen MR) is 141 cm³/mol. The van der Waals surface area contributed by atoms with E-state index in [0.717, 1.165) is 24.0 Å². The number of nitrogens with zero attached hydrogens (tertiary/aromatic N) is 1. The second-order valence-electron chi connectivity index (χ2n) is 8.88. The number of carbonyl (C=O) groups excluding carboxylic acids is 1. The van der Waals surface area contributed by atoms with Gasteiger partial charge in [-0.15, -0.1) is 0 Å². The fourth-order valence-electron chi connectivity index (χ4n) is 4.91. The van der Waals surface area contributed by atoms with Gasteiger partial charge in [0.1, 0.15) is 0 Å². The van der Waals surface area contributed by atoms with Gasteiger partial charge in [-0.3, -0.25) is 9.78 Å². The van der Waals surface area contributed by atoms with Crippen molar-refractivity contribution in [3.8, 4) is 11.5 Å². The molecule has 2 aromatic carbocycles. The lowest BCUT2D eigenvalue weighted by Crippen LogP contribution is -2.25. The molecule has 0 saturated heterocycles.